The monoisotopic (exact) mass is 346 g/mol. The number of amides is 1. The zero-order valence-corrected chi connectivity index (χ0v) is 15.3. The van der Waals surface area contributed by atoms with E-state index in [9.17, 15) is 9.59 Å². The van der Waals surface area contributed by atoms with Gasteiger partial charge in [0.2, 0.25) is 0 Å². The van der Waals surface area contributed by atoms with Gasteiger partial charge in [-0.15, -0.1) is 0 Å². The van der Waals surface area contributed by atoms with Crippen molar-refractivity contribution >= 4 is 17.6 Å². The number of carboxylic acid groups (broad SMARTS) is 1. The summed E-state index contributed by atoms with van der Waals surface area (Å²) in [5, 5.41) is 12.1. The van der Waals surface area contributed by atoms with Crippen molar-refractivity contribution in [2.45, 2.75) is 58.4 Å². The van der Waals surface area contributed by atoms with E-state index >= 15 is 0 Å². The summed E-state index contributed by atoms with van der Waals surface area (Å²) in [6.07, 6.45) is 5.09. The molecule has 1 saturated carbocycles. The fourth-order valence-corrected chi connectivity index (χ4v) is 3.40. The van der Waals surface area contributed by atoms with Crippen molar-refractivity contribution in [1.82, 2.24) is 5.32 Å². The maximum Gasteiger partial charge on any atom is 0.306 e. The lowest BCUT2D eigenvalue weighted by Gasteiger charge is -2.27. The van der Waals surface area contributed by atoms with Crippen LogP contribution in [0.3, 0.4) is 0 Å². The Bertz CT molecular complexity index is 563. The first kappa shape index (κ1) is 19.3. The third-order valence-corrected chi connectivity index (χ3v) is 5.07. The normalized spacial score (nSPS) is 20.1. The van der Waals surface area contributed by atoms with Crippen molar-refractivity contribution in [3.8, 4) is 0 Å². The second-order valence-electron chi connectivity index (χ2n) is 6.84. The van der Waals surface area contributed by atoms with Gasteiger partial charge in [-0.1, -0.05) is 13.3 Å². The van der Waals surface area contributed by atoms with Gasteiger partial charge >= 0.3 is 5.97 Å². The fraction of sp³-hybridized carbons (Fsp3) is 0.600. The summed E-state index contributed by atoms with van der Waals surface area (Å²) in [5.74, 6) is -1.04. The van der Waals surface area contributed by atoms with Crippen LogP contribution in [-0.2, 0) is 4.79 Å². The molecule has 0 spiro atoms. The number of aliphatic carboxylic acids is 1. The predicted octanol–water partition coefficient (Wildman–Crippen LogP) is 3.69. The van der Waals surface area contributed by atoms with Gasteiger partial charge in [-0.3, -0.25) is 9.59 Å². The topological polar surface area (TPSA) is 69.6 Å². The van der Waals surface area contributed by atoms with Gasteiger partial charge in [-0.2, -0.15) is 0 Å². The number of carboxylic acids is 1. The molecule has 1 fully saturated rings. The Hall–Kier alpha value is -2.04. The molecule has 2 N–H and O–H groups in total. The number of anilines is 1. The molecular weight excluding hydrogens is 316 g/mol. The fourth-order valence-electron chi connectivity index (χ4n) is 3.40. The lowest BCUT2D eigenvalue weighted by atomic mass is 9.86. The van der Waals surface area contributed by atoms with Gasteiger partial charge in [-0.25, -0.2) is 0 Å². The average Bonchev–Trinajstić information content (AvgIpc) is 2.63. The molecule has 2 rings (SSSR count). The van der Waals surface area contributed by atoms with E-state index in [4.69, 9.17) is 5.11 Å². The van der Waals surface area contributed by atoms with E-state index in [1.54, 1.807) is 0 Å². The first-order valence-corrected chi connectivity index (χ1v) is 9.43. The largest absolute Gasteiger partial charge is 0.481 e. The highest BCUT2D eigenvalue weighted by atomic mass is 16.4. The molecule has 1 aliphatic carbocycles. The third kappa shape index (κ3) is 5.48. The number of nitrogens with zero attached hydrogens (tertiary/aromatic N) is 1. The third-order valence-electron chi connectivity index (χ3n) is 5.07. The van der Waals surface area contributed by atoms with Crippen LogP contribution >= 0.6 is 0 Å². The van der Waals surface area contributed by atoms with Gasteiger partial charge in [0.25, 0.3) is 5.91 Å². The summed E-state index contributed by atoms with van der Waals surface area (Å²) < 4.78 is 0. The van der Waals surface area contributed by atoms with Crippen LogP contribution in [0.5, 0.6) is 0 Å². The van der Waals surface area contributed by atoms with Crippen molar-refractivity contribution in [3.05, 3.63) is 29.8 Å². The van der Waals surface area contributed by atoms with Crippen LogP contribution in [0.1, 0.15) is 62.7 Å². The van der Waals surface area contributed by atoms with Crippen molar-refractivity contribution < 1.29 is 14.7 Å². The highest BCUT2D eigenvalue weighted by molar-refractivity contribution is 5.94. The Labute approximate surface area is 150 Å². The van der Waals surface area contributed by atoms with Crippen LogP contribution in [0.2, 0.25) is 0 Å². The SMILES string of the molecule is CCCCN(CC)c1ccc(C(=O)NC2CCC(C(=O)O)CC2)cc1. The molecule has 5 nitrogen and oxygen atoms in total. The molecule has 1 aromatic rings. The Kier molecular flexibility index (Phi) is 7.29. The highest BCUT2D eigenvalue weighted by Gasteiger charge is 2.26. The lowest BCUT2D eigenvalue weighted by Crippen LogP contribution is -2.38. The Balaban J connectivity index is 1.89. The first-order chi connectivity index (χ1) is 12.0. The van der Waals surface area contributed by atoms with Crippen molar-refractivity contribution in [2.75, 3.05) is 18.0 Å². The van der Waals surface area contributed by atoms with E-state index in [0.29, 0.717) is 18.4 Å². The van der Waals surface area contributed by atoms with Crippen LogP contribution in [-0.4, -0.2) is 36.1 Å². The minimum Gasteiger partial charge on any atom is -0.481 e. The Morgan fingerprint density at radius 2 is 1.76 bits per heavy atom. The molecule has 0 heterocycles. The molecule has 1 amide bonds. The molecule has 0 saturated heterocycles. The molecule has 0 bridgehead atoms. The van der Waals surface area contributed by atoms with E-state index in [-0.39, 0.29) is 17.9 Å². The predicted molar refractivity (Wildman–Crippen MR) is 100 cm³/mol. The quantitative estimate of drug-likeness (QED) is 0.753. The molecule has 0 aromatic heterocycles. The number of carbonyl (C=O) groups is 2. The highest BCUT2D eigenvalue weighted by Crippen LogP contribution is 2.25. The summed E-state index contributed by atoms with van der Waals surface area (Å²) in [5.41, 5.74) is 1.81. The summed E-state index contributed by atoms with van der Waals surface area (Å²) in [7, 11) is 0. The molecular formula is C20H30N2O3. The summed E-state index contributed by atoms with van der Waals surface area (Å²) >= 11 is 0. The van der Waals surface area contributed by atoms with Crippen LogP contribution < -0.4 is 10.2 Å². The molecule has 1 aliphatic rings. The van der Waals surface area contributed by atoms with Crippen molar-refractivity contribution in [1.29, 1.82) is 0 Å². The number of nitrogens with one attached hydrogen (secondary N) is 1. The Morgan fingerprint density at radius 3 is 2.28 bits per heavy atom. The molecule has 138 valence electrons. The maximum absolute atomic E-state index is 12.4. The number of carbonyl (C=O) groups excluding carboxylic acids is 1. The standard InChI is InChI=1S/C20H30N2O3/c1-3-5-14-22(4-2)18-12-8-15(9-13-18)19(23)21-17-10-6-16(7-11-17)20(24)25/h8-9,12-13,16-17H,3-7,10-11,14H2,1-2H3,(H,21,23)(H,24,25). The molecule has 0 unspecified atom stereocenters. The molecule has 0 radical (unpaired) electrons. The van der Waals surface area contributed by atoms with Crippen LogP contribution in [0.25, 0.3) is 0 Å². The average molecular weight is 346 g/mol. The summed E-state index contributed by atoms with van der Waals surface area (Å²) in [4.78, 5) is 25.7. The number of unbranched alkanes of at least 4 members (excludes halogenated alkanes) is 1. The van der Waals surface area contributed by atoms with E-state index in [1.165, 1.54) is 6.42 Å². The number of hydrogen-bond donors (Lipinski definition) is 2. The first-order valence-electron chi connectivity index (χ1n) is 9.43. The van der Waals surface area contributed by atoms with Gasteiger partial charge in [-0.05, 0) is 63.3 Å². The van der Waals surface area contributed by atoms with Crippen molar-refractivity contribution in [2.24, 2.45) is 5.92 Å². The van der Waals surface area contributed by atoms with Gasteiger partial charge in [0.15, 0.2) is 0 Å². The van der Waals surface area contributed by atoms with Gasteiger partial charge in [0, 0.05) is 30.4 Å². The zero-order chi connectivity index (χ0) is 18.2. The summed E-state index contributed by atoms with van der Waals surface area (Å²) in [6, 6.07) is 7.86. The van der Waals surface area contributed by atoms with E-state index in [2.05, 4.69) is 24.1 Å². The molecule has 0 aliphatic heterocycles. The van der Waals surface area contributed by atoms with Gasteiger partial charge in [0.05, 0.1) is 5.92 Å². The second-order valence-corrected chi connectivity index (χ2v) is 6.84. The van der Waals surface area contributed by atoms with Crippen molar-refractivity contribution in [3.63, 3.8) is 0 Å². The van der Waals surface area contributed by atoms with Crippen LogP contribution in [0, 0.1) is 5.92 Å². The smallest absolute Gasteiger partial charge is 0.306 e. The second kappa shape index (κ2) is 9.44. The molecule has 25 heavy (non-hydrogen) atoms. The Morgan fingerprint density at radius 1 is 1.12 bits per heavy atom. The van der Waals surface area contributed by atoms with E-state index in [1.807, 2.05) is 24.3 Å². The lowest BCUT2D eigenvalue weighted by molar-refractivity contribution is -0.142. The zero-order valence-electron chi connectivity index (χ0n) is 15.3. The van der Waals surface area contributed by atoms with Crippen LogP contribution in [0.4, 0.5) is 5.69 Å². The number of rotatable bonds is 8. The minimum absolute atomic E-state index is 0.0677. The molecule has 5 heteroatoms. The molecule has 1 aromatic carbocycles. The molecule has 0 atom stereocenters. The number of hydrogen-bond acceptors (Lipinski definition) is 3. The maximum atomic E-state index is 12.4. The minimum atomic E-state index is -0.719. The number of benzene rings is 1. The van der Waals surface area contributed by atoms with Gasteiger partial charge in [0.1, 0.15) is 0 Å². The summed E-state index contributed by atoms with van der Waals surface area (Å²) in [6.45, 7) is 6.32. The van der Waals surface area contributed by atoms with Crippen LogP contribution in [0.15, 0.2) is 24.3 Å². The van der Waals surface area contributed by atoms with E-state index in [0.717, 1.165) is 38.0 Å². The van der Waals surface area contributed by atoms with E-state index < -0.39 is 5.97 Å². The van der Waals surface area contributed by atoms with Gasteiger partial charge < -0.3 is 15.3 Å².